The second kappa shape index (κ2) is 5.51. The van der Waals surface area contributed by atoms with Crippen LogP contribution in [0.1, 0.15) is 18.4 Å². The highest BCUT2D eigenvalue weighted by molar-refractivity contribution is 5.85. The molecule has 0 aromatic heterocycles. The van der Waals surface area contributed by atoms with Gasteiger partial charge in [-0.05, 0) is 35.7 Å². The molecule has 18 heavy (non-hydrogen) atoms. The summed E-state index contributed by atoms with van der Waals surface area (Å²) in [4.78, 5) is 0. The fourth-order valence-electron chi connectivity index (χ4n) is 2.63. The van der Waals surface area contributed by atoms with Gasteiger partial charge in [-0.15, -0.1) is 0 Å². The zero-order valence-electron chi connectivity index (χ0n) is 10.6. The molecule has 1 heterocycles. The Morgan fingerprint density at radius 3 is 2.89 bits per heavy atom. The predicted octanol–water partition coefficient (Wildman–Crippen LogP) is 3.11. The van der Waals surface area contributed by atoms with Gasteiger partial charge in [0, 0.05) is 6.04 Å². The van der Waals surface area contributed by atoms with Crippen LogP contribution in [0.5, 0.6) is 0 Å². The van der Waals surface area contributed by atoms with E-state index in [0.717, 1.165) is 13.2 Å². The van der Waals surface area contributed by atoms with Crippen molar-refractivity contribution in [2.75, 3.05) is 13.2 Å². The van der Waals surface area contributed by atoms with Crippen molar-refractivity contribution in [2.24, 2.45) is 0 Å². The molecule has 2 aromatic rings. The van der Waals surface area contributed by atoms with Gasteiger partial charge in [0.15, 0.2) is 0 Å². The second-order valence-corrected chi connectivity index (χ2v) is 4.95. The minimum absolute atomic E-state index is 0.556. The molecule has 3 rings (SSSR count). The average molecular weight is 241 g/mol. The molecule has 0 radical (unpaired) electrons. The average Bonchev–Trinajstić information content (AvgIpc) is 2.92. The van der Waals surface area contributed by atoms with E-state index in [1.54, 1.807) is 0 Å². The Hall–Kier alpha value is -1.38. The summed E-state index contributed by atoms with van der Waals surface area (Å²) in [6.45, 7) is 2.67. The van der Waals surface area contributed by atoms with E-state index < -0.39 is 0 Å². The summed E-state index contributed by atoms with van der Waals surface area (Å²) >= 11 is 0. The lowest BCUT2D eigenvalue weighted by Gasteiger charge is -2.12. The van der Waals surface area contributed by atoms with E-state index in [1.807, 2.05) is 0 Å². The van der Waals surface area contributed by atoms with Crippen molar-refractivity contribution in [2.45, 2.75) is 25.5 Å². The largest absolute Gasteiger partial charge is 0.375 e. The molecule has 1 unspecified atom stereocenters. The molecular formula is C16H19NO. The first-order chi connectivity index (χ1) is 8.93. The van der Waals surface area contributed by atoms with E-state index >= 15 is 0 Å². The number of benzene rings is 2. The van der Waals surface area contributed by atoms with Crippen LogP contribution >= 0.6 is 0 Å². The molecule has 1 aliphatic rings. The Morgan fingerprint density at radius 1 is 1.11 bits per heavy atom. The van der Waals surface area contributed by atoms with Crippen LogP contribution in [0.25, 0.3) is 10.8 Å². The Kier molecular flexibility index (Phi) is 3.58. The summed E-state index contributed by atoms with van der Waals surface area (Å²) in [5.74, 6) is 0. The molecule has 1 saturated heterocycles. The SMILES string of the molecule is c1ccc2c(COCC3CCCN3)cccc2c1. The second-order valence-electron chi connectivity index (χ2n) is 4.95. The van der Waals surface area contributed by atoms with Crippen molar-refractivity contribution in [1.82, 2.24) is 5.32 Å². The highest BCUT2D eigenvalue weighted by Gasteiger charge is 2.13. The lowest BCUT2D eigenvalue weighted by molar-refractivity contribution is 0.104. The Morgan fingerprint density at radius 2 is 2.00 bits per heavy atom. The number of nitrogens with one attached hydrogen (secondary N) is 1. The summed E-state index contributed by atoms with van der Waals surface area (Å²) in [5, 5.41) is 6.05. The van der Waals surface area contributed by atoms with Crippen molar-refractivity contribution < 1.29 is 4.74 Å². The van der Waals surface area contributed by atoms with Crippen molar-refractivity contribution in [3.05, 3.63) is 48.0 Å². The minimum atomic E-state index is 0.556. The number of hydrogen-bond acceptors (Lipinski definition) is 2. The molecule has 0 spiro atoms. The molecule has 0 saturated carbocycles. The molecule has 0 aliphatic carbocycles. The maximum atomic E-state index is 5.85. The first-order valence-electron chi connectivity index (χ1n) is 6.71. The maximum absolute atomic E-state index is 5.85. The van der Waals surface area contributed by atoms with Crippen LogP contribution < -0.4 is 5.32 Å². The van der Waals surface area contributed by atoms with Crippen LogP contribution in [0, 0.1) is 0 Å². The Bertz CT molecular complexity index is 512. The summed E-state index contributed by atoms with van der Waals surface area (Å²) in [6.07, 6.45) is 2.53. The quantitative estimate of drug-likeness (QED) is 0.888. The van der Waals surface area contributed by atoms with E-state index in [4.69, 9.17) is 4.74 Å². The Labute approximate surface area is 108 Å². The van der Waals surface area contributed by atoms with E-state index in [9.17, 15) is 0 Å². The van der Waals surface area contributed by atoms with E-state index in [1.165, 1.54) is 29.2 Å². The molecule has 1 N–H and O–H groups in total. The van der Waals surface area contributed by atoms with Crippen molar-refractivity contribution >= 4 is 10.8 Å². The molecule has 2 heteroatoms. The van der Waals surface area contributed by atoms with Crippen molar-refractivity contribution in [3.8, 4) is 0 Å². The predicted molar refractivity (Wildman–Crippen MR) is 74.6 cm³/mol. The molecule has 2 aromatic carbocycles. The van der Waals surface area contributed by atoms with E-state index in [0.29, 0.717) is 12.6 Å². The number of ether oxygens (including phenoxy) is 1. The zero-order chi connectivity index (χ0) is 12.2. The fourth-order valence-corrected chi connectivity index (χ4v) is 2.63. The van der Waals surface area contributed by atoms with Crippen LogP contribution in [0.2, 0.25) is 0 Å². The number of rotatable bonds is 4. The maximum Gasteiger partial charge on any atom is 0.0723 e. The van der Waals surface area contributed by atoms with E-state index in [2.05, 4.69) is 47.8 Å². The monoisotopic (exact) mass is 241 g/mol. The molecule has 2 nitrogen and oxygen atoms in total. The molecule has 1 aliphatic heterocycles. The van der Waals surface area contributed by atoms with Gasteiger partial charge in [-0.3, -0.25) is 0 Å². The van der Waals surface area contributed by atoms with Crippen LogP contribution in [0.3, 0.4) is 0 Å². The lowest BCUT2D eigenvalue weighted by atomic mass is 10.1. The van der Waals surface area contributed by atoms with E-state index in [-0.39, 0.29) is 0 Å². The lowest BCUT2D eigenvalue weighted by Crippen LogP contribution is -2.26. The molecule has 1 fully saturated rings. The molecule has 94 valence electrons. The molecule has 1 atom stereocenters. The van der Waals surface area contributed by atoms with Crippen molar-refractivity contribution in [1.29, 1.82) is 0 Å². The summed E-state index contributed by atoms with van der Waals surface area (Å²) < 4.78 is 5.85. The number of fused-ring (bicyclic) bond motifs is 1. The first kappa shape index (κ1) is 11.7. The summed E-state index contributed by atoms with van der Waals surface area (Å²) in [5.41, 5.74) is 1.28. The highest BCUT2D eigenvalue weighted by atomic mass is 16.5. The van der Waals surface area contributed by atoms with Gasteiger partial charge in [0.05, 0.1) is 13.2 Å². The van der Waals surface area contributed by atoms with Gasteiger partial charge in [-0.1, -0.05) is 42.5 Å². The van der Waals surface area contributed by atoms with Gasteiger partial charge < -0.3 is 10.1 Å². The smallest absolute Gasteiger partial charge is 0.0723 e. The summed E-state index contributed by atoms with van der Waals surface area (Å²) in [6, 6.07) is 15.5. The van der Waals surface area contributed by atoms with Gasteiger partial charge >= 0.3 is 0 Å². The van der Waals surface area contributed by atoms with Crippen LogP contribution in [-0.2, 0) is 11.3 Å². The number of hydrogen-bond donors (Lipinski definition) is 1. The van der Waals surface area contributed by atoms with Gasteiger partial charge in [-0.2, -0.15) is 0 Å². The van der Waals surface area contributed by atoms with Crippen molar-refractivity contribution in [3.63, 3.8) is 0 Å². The standard InChI is InChI=1S/C16H19NO/c1-2-9-16-13(5-1)6-3-7-14(16)11-18-12-15-8-4-10-17-15/h1-3,5-7,9,15,17H,4,8,10-12H2. The zero-order valence-corrected chi connectivity index (χ0v) is 10.6. The molecule has 0 amide bonds. The van der Waals surface area contributed by atoms with Crippen LogP contribution in [-0.4, -0.2) is 19.2 Å². The van der Waals surface area contributed by atoms with Gasteiger partial charge in [0.2, 0.25) is 0 Å². The van der Waals surface area contributed by atoms with Gasteiger partial charge in [-0.25, -0.2) is 0 Å². The van der Waals surface area contributed by atoms with Crippen LogP contribution in [0.4, 0.5) is 0 Å². The highest BCUT2D eigenvalue weighted by Crippen LogP contribution is 2.19. The van der Waals surface area contributed by atoms with Crippen LogP contribution in [0.15, 0.2) is 42.5 Å². The molecule has 0 bridgehead atoms. The van der Waals surface area contributed by atoms with Gasteiger partial charge in [0.25, 0.3) is 0 Å². The minimum Gasteiger partial charge on any atom is -0.375 e. The summed E-state index contributed by atoms with van der Waals surface area (Å²) in [7, 11) is 0. The first-order valence-corrected chi connectivity index (χ1v) is 6.71. The molecular weight excluding hydrogens is 222 g/mol. The third-order valence-corrected chi connectivity index (χ3v) is 3.62. The normalized spacial score (nSPS) is 19.4. The van der Waals surface area contributed by atoms with Gasteiger partial charge in [0.1, 0.15) is 0 Å². The third-order valence-electron chi connectivity index (χ3n) is 3.62. The third kappa shape index (κ3) is 2.55. The fraction of sp³-hybridized carbons (Fsp3) is 0.375. The Balaban J connectivity index is 1.66. The topological polar surface area (TPSA) is 21.3 Å².